The fraction of sp³-hybridized carbons (Fsp3) is 0.200. The molecule has 0 spiro atoms. The second-order valence-electron chi connectivity index (χ2n) is 10.5. The topological polar surface area (TPSA) is 121 Å². The molecule has 0 fully saturated rings. The van der Waals surface area contributed by atoms with Gasteiger partial charge in [-0.25, -0.2) is 17.8 Å². The second-order valence-corrected chi connectivity index (χ2v) is 12.8. The van der Waals surface area contributed by atoms with Gasteiger partial charge < -0.3 is 9.88 Å². The van der Waals surface area contributed by atoms with Gasteiger partial charge in [0, 0.05) is 70.6 Å². The highest BCUT2D eigenvalue weighted by molar-refractivity contribution is 7.90. The third-order valence-corrected chi connectivity index (χ3v) is 7.79. The average molecular weight is 570 g/mol. The smallest absolute Gasteiger partial charge is 0.181 e. The van der Waals surface area contributed by atoms with Gasteiger partial charge in [0.15, 0.2) is 5.65 Å². The predicted molar refractivity (Wildman–Crippen MR) is 158 cm³/mol. The van der Waals surface area contributed by atoms with E-state index in [1.54, 1.807) is 18.5 Å². The van der Waals surface area contributed by atoms with Crippen molar-refractivity contribution in [1.82, 2.24) is 35.0 Å². The van der Waals surface area contributed by atoms with E-state index in [1.165, 1.54) is 18.4 Å². The quantitative estimate of drug-likeness (QED) is 0.264. The SMILES string of the molecule is CN(C)Cc1cncc(-c2cnc3n[nH]c(-c4cc5c(-c6cc(F)cc(CCS(C)(=O)=O)c6)nccc5[nH]4)c3c2)c1. The molecule has 5 aromatic heterocycles. The third-order valence-electron chi connectivity index (χ3n) is 6.85. The fourth-order valence-corrected chi connectivity index (χ4v) is 5.62. The van der Waals surface area contributed by atoms with Crippen LogP contribution in [0.5, 0.6) is 0 Å². The largest absolute Gasteiger partial charge is 0.353 e. The first-order valence-corrected chi connectivity index (χ1v) is 15.1. The van der Waals surface area contributed by atoms with Crippen LogP contribution in [-0.2, 0) is 22.8 Å². The van der Waals surface area contributed by atoms with Crippen molar-refractivity contribution >= 4 is 31.8 Å². The molecule has 208 valence electrons. The molecule has 6 aromatic rings. The Morgan fingerprint density at radius 1 is 0.902 bits per heavy atom. The van der Waals surface area contributed by atoms with Gasteiger partial charge in [-0.05, 0) is 74.1 Å². The number of rotatable bonds is 8. The van der Waals surface area contributed by atoms with Gasteiger partial charge in [0.25, 0.3) is 0 Å². The fourth-order valence-electron chi connectivity index (χ4n) is 5.01. The number of pyridine rings is 3. The van der Waals surface area contributed by atoms with Crippen LogP contribution >= 0.6 is 0 Å². The summed E-state index contributed by atoms with van der Waals surface area (Å²) >= 11 is 0. The predicted octanol–water partition coefficient (Wildman–Crippen LogP) is 5.02. The first kappa shape index (κ1) is 26.7. The van der Waals surface area contributed by atoms with Gasteiger partial charge in [0.2, 0.25) is 0 Å². The number of aromatic nitrogens is 6. The first-order valence-electron chi connectivity index (χ1n) is 13.0. The lowest BCUT2D eigenvalue weighted by Crippen LogP contribution is -2.10. The van der Waals surface area contributed by atoms with Crippen molar-refractivity contribution < 1.29 is 12.8 Å². The van der Waals surface area contributed by atoms with Crippen molar-refractivity contribution in [1.29, 1.82) is 0 Å². The summed E-state index contributed by atoms with van der Waals surface area (Å²) in [6, 6.07) is 12.5. The summed E-state index contributed by atoms with van der Waals surface area (Å²) < 4.78 is 37.9. The molecule has 41 heavy (non-hydrogen) atoms. The molecule has 0 aliphatic carbocycles. The lowest BCUT2D eigenvalue weighted by Gasteiger charge is -2.10. The summed E-state index contributed by atoms with van der Waals surface area (Å²) in [4.78, 5) is 19.1. The van der Waals surface area contributed by atoms with Crippen molar-refractivity contribution in [2.45, 2.75) is 13.0 Å². The van der Waals surface area contributed by atoms with Gasteiger partial charge in [-0.15, -0.1) is 0 Å². The third kappa shape index (κ3) is 5.72. The number of hydrogen-bond donors (Lipinski definition) is 2. The number of aryl methyl sites for hydroxylation is 1. The van der Waals surface area contributed by atoms with Gasteiger partial charge in [-0.2, -0.15) is 5.10 Å². The minimum Gasteiger partial charge on any atom is -0.353 e. The van der Waals surface area contributed by atoms with Crippen LogP contribution in [0.2, 0.25) is 0 Å². The van der Waals surface area contributed by atoms with Crippen LogP contribution in [0, 0.1) is 5.82 Å². The van der Waals surface area contributed by atoms with E-state index in [9.17, 15) is 12.8 Å². The number of fused-ring (bicyclic) bond motifs is 2. The van der Waals surface area contributed by atoms with Gasteiger partial charge >= 0.3 is 0 Å². The van der Waals surface area contributed by atoms with Crippen LogP contribution in [0.3, 0.4) is 0 Å². The maximum absolute atomic E-state index is 14.6. The van der Waals surface area contributed by atoms with E-state index in [0.29, 0.717) is 22.5 Å². The van der Waals surface area contributed by atoms with E-state index in [4.69, 9.17) is 0 Å². The number of halogens is 1. The van der Waals surface area contributed by atoms with Crippen LogP contribution < -0.4 is 0 Å². The van der Waals surface area contributed by atoms with Crippen molar-refractivity contribution in [2.75, 3.05) is 26.1 Å². The highest BCUT2D eigenvalue weighted by Gasteiger charge is 2.16. The van der Waals surface area contributed by atoms with Gasteiger partial charge in [-0.1, -0.05) is 0 Å². The van der Waals surface area contributed by atoms with E-state index in [0.717, 1.165) is 50.9 Å². The summed E-state index contributed by atoms with van der Waals surface area (Å²) in [7, 11) is 0.861. The summed E-state index contributed by atoms with van der Waals surface area (Å²) in [5, 5.41) is 9.16. The zero-order chi connectivity index (χ0) is 28.7. The van der Waals surface area contributed by atoms with E-state index >= 15 is 0 Å². The molecule has 0 radical (unpaired) electrons. The van der Waals surface area contributed by atoms with Crippen LogP contribution in [0.4, 0.5) is 4.39 Å². The molecular formula is C30H28FN7O2S. The van der Waals surface area contributed by atoms with E-state index < -0.39 is 15.7 Å². The molecule has 0 atom stereocenters. The monoisotopic (exact) mass is 569 g/mol. The number of hydrogen-bond acceptors (Lipinski definition) is 7. The molecule has 0 amide bonds. The molecule has 11 heteroatoms. The summed E-state index contributed by atoms with van der Waals surface area (Å²) in [6.07, 6.45) is 8.54. The Labute approximate surface area is 236 Å². The number of aromatic amines is 2. The molecule has 1 aromatic carbocycles. The van der Waals surface area contributed by atoms with Crippen molar-refractivity contribution in [3.63, 3.8) is 0 Å². The van der Waals surface area contributed by atoms with E-state index in [2.05, 4.69) is 41.1 Å². The summed E-state index contributed by atoms with van der Waals surface area (Å²) in [5.41, 5.74) is 7.71. The summed E-state index contributed by atoms with van der Waals surface area (Å²) in [6.45, 7) is 0.781. The van der Waals surface area contributed by atoms with Gasteiger partial charge in [-0.3, -0.25) is 15.1 Å². The van der Waals surface area contributed by atoms with Gasteiger partial charge in [0.1, 0.15) is 15.7 Å². The maximum Gasteiger partial charge on any atom is 0.181 e. The minimum absolute atomic E-state index is 0.0548. The van der Waals surface area contributed by atoms with Crippen molar-refractivity contribution in [3.05, 3.63) is 84.2 Å². The molecule has 5 heterocycles. The van der Waals surface area contributed by atoms with Crippen LogP contribution in [0.15, 0.2) is 67.3 Å². The maximum atomic E-state index is 14.6. The molecule has 2 N–H and O–H groups in total. The van der Waals surface area contributed by atoms with Crippen molar-refractivity contribution in [3.8, 4) is 33.8 Å². The molecule has 6 rings (SSSR count). The molecule has 0 unspecified atom stereocenters. The van der Waals surface area contributed by atoms with Crippen LogP contribution in [0.25, 0.3) is 55.7 Å². The number of sulfone groups is 1. The van der Waals surface area contributed by atoms with E-state index in [1.807, 2.05) is 44.7 Å². The highest BCUT2D eigenvalue weighted by atomic mass is 32.2. The Morgan fingerprint density at radius 2 is 1.71 bits per heavy atom. The standard InChI is InChI=1S/C30H28FN7O2S/c1-38(2)17-19-9-21(15-32-14-19)22-12-25-29(36-37-30(25)34-16-22)27-13-24-26(35-27)4-6-33-28(24)20-8-18(10-23(31)11-20)5-7-41(3,39)40/h4,6,8-16,35H,5,7,17H2,1-3H3,(H,34,36,37). The van der Waals surface area contributed by atoms with Crippen LogP contribution in [-0.4, -0.2) is 69.6 Å². The minimum atomic E-state index is -3.18. The van der Waals surface area contributed by atoms with Gasteiger partial charge in [0.05, 0.1) is 22.8 Å². The lowest BCUT2D eigenvalue weighted by molar-refractivity contribution is 0.402. The number of nitrogens with one attached hydrogen (secondary N) is 2. The molecule has 9 nitrogen and oxygen atoms in total. The Bertz CT molecular complexity index is 2010. The first-order chi connectivity index (χ1) is 19.6. The molecule has 0 aliphatic heterocycles. The molecule has 0 saturated heterocycles. The Balaban J connectivity index is 1.40. The van der Waals surface area contributed by atoms with E-state index in [-0.39, 0.29) is 12.2 Å². The Morgan fingerprint density at radius 3 is 2.51 bits per heavy atom. The summed E-state index contributed by atoms with van der Waals surface area (Å²) in [5.74, 6) is -0.497. The van der Waals surface area contributed by atoms with Crippen molar-refractivity contribution in [2.24, 2.45) is 0 Å². The number of H-pyrrole nitrogens is 2. The average Bonchev–Trinajstić information content (AvgIpc) is 3.54. The highest BCUT2D eigenvalue weighted by Crippen LogP contribution is 2.34. The molecule has 0 saturated carbocycles. The molecule has 0 bridgehead atoms. The number of nitrogens with zero attached hydrogens (tertiary/aromatic N) is 5. The lowest BCUT2D eigenvalue weighted by atomic mass is 10.0. The molecule has 0 aliphatic rings. The second kappa shape index (κ2) is 10.5. The Hall–Kier alpha value is -4.48. The zero-order valence-corrected chi connectivity index (χ0v) is 23.6. The van der Waals surface area contributed by atoms with Crippen LogP contribution in [0.1, 0.15) is 11.1 Å². The molecular weight excluding hydrogens is 541 g/mol. The Kier molecular flexibility index (Phi) is 6.84. The normalized spacial score (nSPS) is 12.1. The number of benzene rings is 1. The zero-order valence-electron chi connectivity index (χ0n) is 22.8.